The predicted octanol–water partition coefficient (Wildman–Crippen LogP) is 1.36. The molecule has 0 aliphatic carbocycles. The van der Waals surface area contributed by atoms with E-state index in [1.54, 1.807) is 30.5 Å². The lowest BCUT2D eigenvalue weighted by Crippen LogP contribution is -2.40. The molecule has 0 fully saturated rings. The van der Waals surface area contributed by atoms with E-state index in [9.17, 15) is 4.79 Å². The van der Waals surface area contributed by atoms with Crippen molar-refractivity contribution in [1.29, 1.82) is 0 Å². The van der Waals surface area contributed by atoms with Crippen LogP contribution in [-0.2, 0) is 6.54 Å². The highest BCUT2D eigenvalue weighted by Crippen LogP contribution is 2.22. The van der Waals surface area contributed by atoms with Gasteiger partial charge in [-0.2, -0.15) is 0 Å². The minimum absolute atomic E-state index is 0.318. The van der Waals surface area contributed by atoms with Crippen molar-refractivity contribution >= 4 is 11.8 Å². The lowest BCUT2D eigenvalue weighted by molar-refractivity contribution is -0.763. The molecule has 0 saturated carbocycles. The summed E-state index contributed by atoms with van der Waals surface area (Å²) in [6, 6.07) is 7.89. The number of aryl methyl sites for hydroxylation is 1. The van der Waals surface area contributed by atoms with Gasteiger partial charge in [0, 0.05) is 11.8 Å². The van der Waals surface area contributed by atoms with Crippen molar-refractivity contribution in [3.8, 4) is 5.75 Å². The number of hydrogen-bond acceptors (Lipinski definition) is 4. The summed E-state index contributed by atoms with van der Waals surface area (Å²) in [7, 11) is 1.65. The molecule has 0 aliphatic heterocycles. The average molecular weight is 267 g/mol. The van der Waals surface area contributed by atoms with Gasteiger partial charge < -0.3 is 4.74 Å². The Morgan fingerprint density at radius 1 is 1.50 bits per heavy atom. The Labute approximate surface area is 109 Å². The summed E-state index contributed by atoms with van der Waals surface area (Å²) in [6.45, 7) is 2.43. The van der Waals surface area contributed by atoms with Gasteiger partial charge in [0.25, 0.3) is 5.69 Å². The highest BCUT2D eigenvalue weighted by Gasteiger charge is 2.14. The molecule has 18 heavy (non-hydrogen) atoms. The smallest absolute Gasteiger partial charge is 0.429 e. The Bertz CT molecular complexity index is 577. The first-order valence-corrected chi connectivity index (χ1v) is 6.54. The standard InChI is InChI=1S/C12H14N2O3S/c1-9-12(15)17-13-14(9)6-7-18-11-5-3-4-10(8-11)16-2/h3-5,8H,6-7H2,1-2H3/p+1. The molecule has 0 atom stereocenters. The second-order valence-electron chi connectivity index (χ2n) is 3.75. The third-order valence-electron chi connectivity index (χ3n) is 2.57. The van der Waals surface area contributed by atoms with Crippen LogP contribution in [0.2, 0.25) is 0 Å². The first kappa shape index (κ1) is 12.8. The molecular formula is C12H15N2O3S+. The summed E-state index contributed by atoms with van der Waals surface area (Å²) >= 11 is 1.70. The number of ether oxygens (including phenoxy) is 1. The Morgan fingerprint density at radius 2 is 2.33 bits per heavy atom. The Morgan fingerprint density at radius 3 is 3.00 bits per heavy atom. The summed E-state index contributed by atoms with van der Waals surface area (Å²) in [4.78, 5) is 12.3. The maximum atomic E-state index is 11.1. The average Bonchev–Trinajstić information content (AvgIpc) is 2.71. The van der Waals surface area contributed by atoms with Gasteiger partial charge in [-0.05, 0) is 23.5 Å². The molecule has 6 heteroatoms. The van der Waals surface area contributed by atoms with Crippen LogP contribution in [0, 0.1) is 6.92 Å². The number of rotatable bonds is 5. The molecule has 0 radical (unpaired) electrons. The molecule has 2 aromatic rings. The first-order chi connectivity index (χ1) is 8.70. The van der Waals surface area contributed by atoms with Gasteiger partial charge in [0.1, 0.15) is 5.75 Å². The van der Waals surface area contributed by atoms with E-state index < -0.39 is 0 Å². The molecule has 2 rings (SSSR count). The van der Waals surface area contributed by atoms with Crippen LogP contribution < -0.4 is 15.0 Å². The fraction of sp³-hybridized carbons (Fsp3) is 0.333. The van der Waals surface area contributed by atoms with Crippen molar-refractivity contribution in [2.45, 2.75) is 18.4 Å². The van der Waals surface area contributed by atoms with Crippen LogP contribution in [-0.4, -0.2) is 18.1 Å². The molecule has 96 valence electrons. The minimum atomic E-state index is -0.318. The Hall–Kier alpha value is -1.69. The summed E-state index contributed by atoms with van der Waals surface area (Å²) in [6.07, 6.45) is 0. The van der Waals surface area contributed by atoms with E-state index in [1.807, 2.05) is 24.3 Å². The van der Waals surface area contributed by atoms with Crippen LogP contribution in [0.25, 0.3) is 0 Å². The second-order valence-corrected chi connectivity index (χ2v) is 4.91. The predicted molar refractivity (Wildman–Crippen MR) is 68.0 cm³/mol. The van der Waals surface area contributed by atoms with Crippen molar-refractivity contribution in [2.24, 2.45) is 0 Å². The van der Waals surface area contributed by atoms with Gasteiger partial charge in [-0.15, -0.1) is 11.8 Å². The van der Waals surface area contributed by atoms with Crippen LogP contribution in [0.15, 0.2) is 38.5 Å². The summed E-state index contributed by atoms with van der Waals surface area (Å²) in [5, 5.41) is 2.57. The lowest BCUT2D eigenvalue weighted by Gasteiger charge is -2.02. The molecule has 0 amide bonds. The lowest BCUT2D eigenvalue weighted by atomic mass is 10.3. The maximum absolute atomic E-state index is 11.1. The van der Waals surface area contributed by atoms with Gasteiger partial charge in [-0.25, -0.2) is 4.79 Å². The van der Waals surface area contributed by atoms with Crippen molar-refractivity contribution in [3.63, 3.8) is 0 Å². The topological polar surface area (TPSA) is 59.1 Å². The molecule has 1 aromatic heterocycles. The molecule has 0 bridgehead atoms. The quantitative estimate of drug-likeness (QED) is 0.656. The van der Waals surface area contributed by atoms with E-state index in [0.717, 1.165) is 16.4 Å². The summed E-state index contributed by atoms with van der Waals surface area (Å²) in [5.41, 5.74) is 0.266. The molecule has 0 aliphatic rings. The van der Waals surface area contributed by atoms with Gasteiger partial charge >= 0.3 is 5.63 Å². The summed E-state index contributed by atoms with van der Waals surface area (Å²) in [5.74, 6) is 1.69. The van der Waals surface area contributed by atoms with Crippen molar-refractivity contribution < 1.29 is 13.9 Å². The zero-order valence-electron chi connectivity index (χ0n) is 10.3. The van der Waals surface area contributed by atoms with Crippen molar-refractivity contribution in [1.82, 2.24) is 5.27 Å². The highest BCUT2D eigenvalue weighted by atomic mass is 32.2. The van der Waals surface area contributed by atoms with Gasteiger partial charge in [0.2, 0.25) is 0 Å². The number of aromatic nitrogens is 2. The number of thioether (sulfide) groups is 1. The van der Waals surface area contributed by atoms with Gasteiger partial charge in [-0.1, -0.05) is 10.7 Å². The Kier molecular flexibility index (Phi) is 4.09. The number of hydrogen-bond donors (Lipinski definition) is 1. The third kappa shape index (κ3) is 2.95. The fourth-order valence-electron chi connectivity index (χ4n) is 1.51. The molecule has 0 saturated heterocycles. The number of H-pyrrole nitrogens is 1. The van der Waals surface area contributed by atoms with Crippen molar-refractivity contribution in [2.75, 3.05) is 12.9 Å². The van der Waals surface area contributed by atoms with E-state index in [2.05, 4.69) is 9.79 Å². The largest absolute Gasteiger partial charge is 0.497 e. The molecule has 1 heterocycles. The molecule has 5 nitrogen and oxygen atoms in total. The number of nitrogens with zero attached hydrogens (tertiary/aromatic N) is 1. The fourth-order valence-corrected chi connectivity index (χ4v) is 2.39. The molecular weight excluding hydrogens is 252 g/mol. The van der Waals surface area contributed by atoms with E-state index in [-0.39, 0.29) is 5.63 Å². The van der Waals surface area contributed by atoms with Crippen molar-refractivity contribution in [3.05, 3.63) is 40.4 Å². The van der Waals surface area contributed by atoms with Crippen LogP contribution in [0.5, 0.6) is 5.75 Å². The van der Waals surface area contributed by atoms with Gasteiger partial charge in [0.15, 0.2) is 6.54 Å². The zero-order chi connectivity index (χ0) is 13.0. The minimum Gasteiger partial charge on any atom is -0.497 e. The monoisotopic (exact) mass is 267 g/mol. The molecule has 0 unspecified atom stereocenters. The first-order valence-electron chi connectivity index (χ1n) is 5.55. The number of methoxy groups -OCH3 is 1. The van der Waals surface area contributed by atoms with Crippen LogP contribution in [0.4, 0.5) is 0 Å². The van der Waals surface area contributed by atoms with Gasteiger partial charge in [-0.3, -0.25) is 4.52 Å². The second kappa shape index (κ2) is 5.77. The van der Waals surface area contributed by atoms with E-state index in [1.165, 1.54) is 0 Å². The summed E-state index contributed by atoms with van der Waals surface area (Å²) < 4.78 is 11.6. The van der Waals surface area contributed by atoms with Crippen LogP contribution in [0.3, 0.4) is 0 Å². The highest BCUT2D eigenvalue weighted by molar-refractivity contribution is 7.99. The van der Waals surface area contributed by atoms with E-state index >= 15 is 0 Å². The molecule has 0 spiro atoms. The maximum Gasteiger partial charge on any atom is 0.429 e. The number of aromatic amines is 1. The normalized spacial score (nSPS) is 10.6. The molecule has 1 N–H and O–H groups in total. The zero-order valence-corrected chi connectivity index (χ0v) is 11.1. The number of nitrogens with one attached hydrogen (secondary N) is 1. The SMILES string of the molecule is COc1cccc(SCC[n+]2[nH]oc(=O)c2C)c1. The van der Waals surface area contributed by atoms with E-state index in [4.69, 9.17) is 4.74 Å². The van der Waals surface area contributed by atoms with E-state index in [0.29, 0.717) is 12.2 Å². The van der Waals surface area contributed by atoms with Gasteiger partial charge in [0.05, 0.1) is 12.9 Å². The number of benzene rings is 1. The third-order valence-corrected chi connectivity index (χ3v) is 3.55. The van der Waals surface area contributed by atoms with Crippen LogP contribution >= 0.6 is 11.8 Å². The van der Waals surface area contributed by atoms with Crippen LogP contribution in [0.1, 0.15) is 5.69 Å². The Balaban J connectivity index is 1.92. The molecule has 1 aromatic carbocycles.